The van der Waals surface area contributed by atoms with Gasteiger partial charge in [-0.3, -0.25) is 4.57 Å². The molecule has 0 bridgehead atoms. The van der Waals surface area contributed by atoms with Gasteiger partial charge in [-0.05, 0) is 31.2 Å². The molecule has 7 heteroatoms. The van der Waals surface area contributed by atoms with Gasteiger partial charge < -0.3 is 4.42 Å². The van der Waals surface area contributed by atoms with Crippen molar-refractivity contribution in [3.8, 4) is 17.0 Å². The van der Waals surface area contributed by atoms with Crippen LogP contribution in [-0.4, -0.2) is 19.7 Å². The Labute approximate surface area is 160 Å². The van der Waals surface area contributed by atoms with Crippen molar-refractivity contribution < 1.29 is 4.42 Å². The standard InChI is InChI=1S/C19H15ClN4OS/c1-13-22-23-19(24(13)16-8-3-2-4-9-16)26-12-18-21-11-17(25-18)14-6-5-7-15(20)10-14/h2-11H,12H2,1H3. The zero-order valence-electron chi connectivity index (χ0n) is 14.0. The lowest BCUT2D eigenvalue weighted by Gasteiger charge is -2.07. The minimum atomic E-state index is 0.561. The predicted molar refractivity (Wildman–Crippen MR) is 103 cm³/mol. The Balaban J connectivity index is 1.52. The summed E-state index contributed by atoms with van der Waals surface area (Å²) in [5.74, 6) is 2.73. The molecule has 0 unspecified atom stereocenters. The van der Waals surface area contributed by atoms with Gasteiger partial charge in [0, 0.05) is 16.3 Å². The first kappa shape index (κ1) is 16.9. The Morgan fingerprint density at radius 2 is 1.92 bits per heavy atom. The molecule has 0 amide bonds. The highest BCUT2D eigenvalue weighted by atomic mass is 35.5. The van der Waals surface area contributed by atoms with Gasteiger partial charge in [0.15, 0.2) is 10.9 Å². The van der Waals surface area contributed by atoms with E-state index in [4.69, 9.17) is 16.0 Å². The Kier molecular flexibility index (Phi) is 4.77. The SMILES string of the molecule is Cc1nnc(SCc2ncc(-c3cccc(Cl)c3)o2)n1-c1ccccc1. The van der Waals surface area contributed by atoms with Crippen molar-refractivity contribution in [1.29, 1.82) is 0 Å². The molecule has 0 N–H and O–H groups in total. The van der Waals surface area contributed by atoms with E-state index < -0.39 is 0 Å². The average molecular weight is 383 g/mol. The fourth-order valence-electron chi connectivity index (χ4n) is 2.59. The van der Waals surface area contributed by atoms with Gasteiger partial charge in [-0.2, -0.15) is 0 Å². The van der Waals surface area contributed by atoms with Crippen molar-refractivity contribution >= 4 is 23.4 Å². The van der Waals surface area contributed by atoms with Crippen molar-refractivity contribution in [3.63, 3.8) is 0 Å². The molecule has 5 nitrogen and oxygen atoms in total. The first-order valence-electron chi connectivity index (χ1n) is 8.01. The van der Waals surface area contributed by atoms with E-state index in [1.807, 2.05) is 66.1 Å². The molecular weight excluding hydrogens is 368 g/mol. The molecule has 0 saturated heterocycles. The Morgan fingerprint density at radius 3 is 2.73 bits per heavy atom. The first-order chi connectivity index (χ1) is 12.7. The number of hydrogen-bond donors (Lipinski definition) is 0. The third kappa shape index (κ3) is 3.52. The van der Waals surface area contributed by atoms with Crippen LogP contribution in [0.1, 0.15) is 11.7 Å². The van der Waals surface area contributed by atoms with Gasteiger partial charge in [-0.1, -0.05) is 53.7 Å². The predicted octanol–water partition coefficient (Wildman–Crippen LogP) is 5.18. The second kappa shape index (κ2) is 7.35. The van der Waals surface area contributed by atoms with Gasteiger partial charge in [-0.15, -0.1) is 10.2 Å². The maximum Gasteiger partial charge on any atom is 0.205 e. The normalized spacial score (nSPS) is 11.0. The molecule has 0 saturated carbocycles. The van der Waals surface area contributed by atoms with Gasteiger partial charge >= 0.3 is 0 Å². The second-order valence-electron chi connectivity index (χ2n) is 5.62. The lowest BCUT2D eigenvalue weighted by atomic mass is 10.2. The van der Waals surface area contributed by atoms with Crippen molar-refractivity contribution in [3.05, 3.63) is 77.5 Å². The number of rotatable bonds is 5. The number of halogens is 1. The van der Waals surface area contributed by atoms with E-state index in [1.54, 1.807) is 6.20 Å². The molecule has 26 heavy (non-hydrogen) atoms. The number of thioether (sulfide) groups is 1. The van der Waals surface area contributed by atoms with Crippen LogP contribution in [0.2, 0.25) is 5.02 Å². The van der Waals surface area contributed by atoms with Crippen LogP contribution in [0.25, 0.3) is 17.0 Å². The fourth-order valence-corrected chi connectivity index (χ4v) is 3.63. The number of hydrogen-bond acceptors (Lipinski definition) is 5. The van der Waals surface area contributed by atoms with Crippen LogP contribution < -0.4 is 0 Å². The summed E-state index contributed by atoms with van der Waals surface area (Å²) >= 11 is 7.57. The fraction of sp³-hybridized carbons (Fsp3) is 0.105. The molecule has 4 rings (SSSR count). The molecule has 2 aromatic carbocycles. The topological polar surface area (TPSA) is 56.7 Å². The summed E-state index contributed by atoms with van der Waals surface area (Å²) in [5.41, 5.74) is 1.94. The quantitative estimate of drug-likeness (QED) is 0.445. The summed E-state index contributed by atoms with van der Waals surface area (Å²) in [4.78, 5) is 4.36. The van der Waals surface area contributed by atoms with Crippen LogP contribution in [0.3, 0.4) is 0 Å². The molecule has 0 radical (unpaired) electrons. The third-order valence-corrected chi connectivity index (χ3v) is 4.95. The van der Waals surface area contributed by atoms with Crippen molar-refractivity contribution in [2.75, 3.05) is 0 Å². The van der Waals surface area contributed by atoms with Gasteiger partial charge in [-0.25, -0.2) is 4.98 Å². The number of oxazole rings is 1. The lowest BCUT2D eigenvalue weighted by Crippen LogP contribution is -1.98. The van der Waals surface area contributed by atoms with Gasteiger partial charge in [0.1, 0.15) is 5.82 Å². The molecule has 2 heterocycles. The zero-order valence-corrected chi connectivity index (χ0v) is 15.5. The molecular formula is C19H15ClN4OS. The van der Waals surface area contributed by atoms with Crippen LogP contribution in [0.5, 0.6) is 0 Å². The van der Waals surface area contributed by atoms with Gasteiger partial charge in [0.2, 0.25) is 5.89 Å². The van der Waals surface area contributed by atoms with E-state index in [9.17, 15) is 0 Å². The highest BCUT2D eigenvalue weighted by Gasteiger charge is 2.13. The Hall–Kier alpha value is -2.57. The molecule has 0 aliphatic heterocycles. The van der Waals surface area contributed by atoms with Crippen LogP contribution in [0.15, 0.2) is 70.4 Å². The monoisotopic (exact) mass is 382 g/mol. The molecule has 0 aliphatic carbocycles. The number of para-hydroxylation sites is 1. The Morgan fingerprint density at radius 1 is 1.08 bits per heavy atom. The van der Waals surface area contributed by atoms with Gasteiger partial charge in [0.25, 0.3) is 0 Å². The van der Waals surface area contributed by atoms with Crippen LogP contribution in [0, 0.1) is 6.92 Å². The molecule has 0 fully saturated rings. The summed E-state index contributed by atoms with van der Waals surface area (Å²) in [6, 6.07) is 17.6. The van der Waals surface area contributed by atoms with E-state index in [0.29, 0.717) is 22.4 Å². The smallest absolute Gasteiger partial charge is 0.205 e. The van der Waals surface area contributed by atoms with E-state index >= 15 is 0 Å². The number of aromatic nitrogens is 4. The molecule has 2 aromatic heterocycles. The largest absolute Gasteiger partial charge is 0.440 e. The molecule has 4 aromatic rings. The minimum Gasteiger partial charge on any atom is -0.440 e. The summed E-state index contributed by atoms with van der Waals surface area (Å²) < 4.78 is 7.87. The van der Waals surface area contributed by atoms with Crippen molar-refractivity contribution in [2.45, 2.75) is 17.8 Å². The Bertz CT molecular complexity index is 1030. The number of nitrogens with zero attached hydrogens (tertiary/aromatic N) is 4. The van der Waals surface area contributed by atoms with E-state index in [2.05, 4.69) is 15.2 Å². The molecule has 0 spiro atoms. The highest BCUT2D eigenvalue weighted by Crippen LogP contribution is 2.28. The summed E-state index contributed by atoms with van der Waals surface area (Å²) in [6.07, 6.45) is 1.72. The second-order valence-corrected chi connectivity index (χ2v) is 7.00. The molecule has 0 atom stereocenters. The first-order valence-corrected chi connectivity index (χ1v) is 9.38. The van der Waals surface area contributed by atoms with E-state index in [0.717, 1.165) is 22.2 Å². The zero-order chi connectivity index (χ0) is 17.9. The van der Waals surface area contributed by atoms with Gasteiger partial charge in [0.05, 0.1) is 11.9 Å². The molecule has 130 valence electrons. The summed E-state index contributed by atoms with van der Waals surface area (Å²) in [7, 11) is 0. The van der Waals surface area contributed by atoms with E-state index in [-0.39, 0.29) is 0 Å². The number of benzene rings is 2. The lowest BCUT2D eigenvalue weighted by molar-refractivity contribution is 0.529. The maximum atomic E-state index is 6.04. The third-order valence-electron chi connectivity index (χ3n) is 3.80. The average Bonchev–Trinajstić information content (AvgIpc) is 3.27. The highest BCUT2D eigenvalue weighted by molar-refractivity contribution is 7.98. The van der Waals surface area contributed by atoms with Crippen LogP contribution in [0.4, 0.5) is 0 Å². The number of aryl methyl sites for hydroxylation is 1. The molecule has 0 aliphatic rings. The van der Waals surface area contributed by atoms with Crippen LogP contribution >= 0.6 is 23.4 Å². The van der Waals surface area contributed by atoms with Crippen LogP contribution in [-0.2, 0) is 5.75 Å². The van der Waals surface area contributed by atoms with Crippen molar-refractivity contribution in [2.24, 2.45) is 0 Å². The summed E-state index contributed by atoms with van der Waals surface area (Å²) in [6.45, 7) is 1.94. The minimum absolute atomic E-state index is 0.561. The van der Waals surface area contributed by atoms with E-state index in [1.165, 1.54) is 11.8 Å². The van der Waals surface area contributed by atoms with Crippen molar-refractivity contribution in [1.82, 2.24) is 19.7 Å². The maximum absolute atomic E-state index is 6.04. The summed E-state index contributed by atoms with van der Waals surface area (Å²) in [5, 5.41) is 9.94.